The molecule has 0 aliphatic rings. The molecule has 0 atom stereocenters. The van der Waals surface area contributed by atoms with Crippen LogP contribution < -0.4 is 4.74 Å². The molecule has 6 heteroatoms. The minimum atomic E-state index is -4.13. The number of hydrogen-bond acceptors (Lipinski definition) is 3. The summed E-state index contributed by atoms with van der Waals surface area (Å²) in [6, 6.07) is 8.72. The van der Waals surface area contributed by atoms with E-state index in [2.05, 4.69) is 0 Å². The van der Waals surface area contributed by atoms with Gasteiger partial charge in [0.2, 0.25) is 0 Å². The molecule has 19 heavy (non-hydrogen) atoms. The third kappa shape index (κ3) is 6.67. The van der Waals surface area contributed by atoms with Crippen LogP contribution >= 0.6 is 0 Å². The molecule has 0 aromatic heterocycles. The van der Waals surface area contributed by atoms with E-state index in [-0.39, 0.29) is 26.2 Å². The van der Waals surface area contributed by atoms with Gasteiger partial charge in [0.25, 0.3) is 0 Å². The zero-order chi connectivity index (χ0) is 14.1. The summed E-state index contributed by atoms with van der Waals surface area (Å²) >= 11 is 0. The predicted octanol–water partition coefficient (Wildman–Crippen LogP) is 3.30. The van der Waals surface area contributed by atoms with Crippen molar-refractivity contribution < 1.29 is 22.6 Å². The van der Waals surface area contributed by atoms with Crippen molar-refractivity contribution in [2.75, 3.05) is 19.8 Å². The van der Waals surface area contributed by atoms with E-state index < -0.39 is 12.6 Å². The minimum Gasteiger partial charge on any atom is -0.490 e. The highest BCUT2D eigenvalue weighted by Crippen LogP contribution is 2.21. The van der Waals surface area contributed by atoms with E-state index in [1.807, 2.05) is 6.07 Å². The maximum absolute atomic E-state index is 11.8. The first-order chi connectivity index (χ1) is 9.03. The fraction of sp³-hybridized carbons (Fsp3) is 0.462. The van der Waals surface area contributed by atoms with Crippen LogP contribution in [-0.2, 0) is 4.74 Å². The van der Waals surface area contributed by atoms with Crippen LogP contribution in [0.1, 0.15) is 18.4 Å². The van der Waals surface area contributed by atoms with Crippen LogP contribution in [0.5, 0.6) is 5.75 Å². The molecule has 0 heterocycles. The highest BCUT2D eigenvalue weighted by Gasteiger charge is 2.25. The number of nitrogens with zero attached hydrogens (tertiary/aromatic N) is 1. The van der Waals surface area contributed by atoms with Crippen molar-refractivity contribution in [3.63, 3.8) is 0 Å². The van der Waals surface area contributed by atoms with Gasteiger partial charge in [0, 0.05) is 13.0 Å². The normalized spacial score (nSPS) is 11.1. The highest BCUT2D eigenvalue weighted by molar-refractivity contribution is 5.42. The van der Waals surface area contributed by atoms with Crippen LogP contribution in [0, 0.1) is 11.3 Å². The van der Waals surface area contributed by atoms with Gasteiger partial charge in [0.05, 0.1) is 12.2 Å². The highest BCUT2D eigenvalue weighted by atomic mass is 19.4. The smallest absolute Gasteiger partial charge is 0.389 e. The summed E-state index contributed by atoms with van der Waals surface area (Å²) in [4.78, 5) is 0. The zero-order valence-corrected chi connectivity index (χ0v) is 10.2. The Morgan fingerprint density at radius 3 is 2.53 bits per heavy atom. The monoisotopic (exact) mass is 273 g/mol. The van der Waals surface area contributed by atoms with Crippen LogP contribution in [-0.4, -0.2) is 26.0 Å². The Kier molecular flexibility index (Phi) is 6.16. The molecule has 0 aliphatic carbocycles. The Morgan fingerprint density at radius 1 is 1.11 bits per heavy atom. The molecule has 0 unspecified atom stereocenters. The maximum atomic E-state index is 11.8. The molecule has 1 aromatic rings. The average Bonchev–Trinajstić information content (AvgIpc) is 2.37. The van der Waals surface area contributed by atoms with Gasteiger partial charge >= 0.3 is 6.18 Å². The van der Waals surface area contributed by atoms with Gasteiger partial charge in [-0.2, -0.15) is 18.4 Å². The first-order valence-electron chi connectivity index (χ1n) is 5.79. The second kappa shape index (κ2) is 7.64. The lowest BCUT2D eigenvalue weighted by Gasteiger charge is -2.09. The number of nitriles is 1. The van der Waals surface area contributed by atoms with Gasteiger partial charge < -0.3 is 9.47 Å². The van der Waals surface area contributed by atoms with Crippen LogP contribution in [0.2, 0.25) is 0 Å². The minimum absolute atomic E-state index is 0.0444. The Bertz CT molecular complexity index is 427. The SMILES string of the molecule is N#Cc1ccccc1OCCOCCCC(F)(F)F. The standard InChI is InChI=1S/C13H14F3NO2/c14-13(15,16)6-3-7-18-8-9-19-12-5-2-1-4-11(12)10-17/h1-2,4-5H,3,6-9H2. The molecule has 1 rings (SSSR count). The fourth-order valence-corrected chi connectivity index (χ4v) is 1.37. The third-order valence-electron chi connectivity index (χ3n) is 2.24. The summed E-state index contributed by atoms with van der Waals surface area (Å²) in [5.41, 5.74) is 0.416. The number of rotatable bonds is 7. The summed E-state index contributed by atoms with van der Waals surface area (Å²) in [6.45, 7) is 0.436. The molecule has 0 saturated carbocycles. The van der Waals surface area contributed by atoms with Gasteiger partial charge in [0.15, 0.2) is 0 Å². The average molecular weight is 273 g/mol. The molecule has 1 aromatic carbocycles. The lowest BCUT2D eigenvalue weighted by atomic mass is 10.2. The number of ether oxygens (including phenoxy) is 2. The number of hydrogen-bond donors (Lipinski definition) is 0. The van der Waals surface area contributed by atoms with Crippen molar-refractivity contribution in [1.29, 1.82) is 5.26 Å². The van der Waals surface area contributed by atoms with E-state index in [1.165, 1.54) is 0 Å². The Labute approximate surface area is 109 Å². The second-order valence-electron chi connectivity index (χ2n) is 3.79. The van der Waals surface area contributed by atoms with E-state index in [4.69, 9.17) is 14.7 Å². The molecule has 104 valence electrons. The van der Waals surface area contributed by atoms with E-state index >= 15 is 0 Å². The molecule has 3 nitrogen and oxygen atoms in total. The van der Waals surface area contributed by atoms with Gasteiger partial charge in [-0.05, 0) is 18.6 Å². The van der Waals surface area contributed by atoms with Crippen molar-refractivity contribution in [3.05, 3.63) is 29.8 Å². The molecule has 0 radical (unpaired) electrons. The zero-order valence-electron chi connectivity index (χ0n) is 10.2. The molecule has 0 saturated heterocycles. The van der Waals surface area contributed by atoms with Crippen molar-refractivity contribution in [1.82, 2.24) is 0 Å². The first kappa shape index (κ1) is 15.3. The number of para-hydroxylation sites is 1. The van der Waals surface area contributed by atoms with E-state index in [9.17, 15) is 13.2 Å². The van der Waals surface area contributed by atoms with Crippen LogP contribution in [0.4, 0.5) is 13.2 Å². The van der Waals surface area contributed by atoms with Gasteiger partial charge in [-0.3, -0.25) is 0 Å². The number of halogens is 3. The second-order valence-corrected chi connectivity index (χ2v) is 3.79. The maximum Gasteiger partial charge on any atom is 0.389 e. The quantitative estimate of drug-likeness (QED) is 0.716. The summed E-state index contributed by atoms with van der Waals surface area (Å²) in [7, 11) is 0. The summed E-state index contributed by atoms with van der Waals surface area (Å²) < 4.78 is 45.8. The molecule has 0 aliphatic heterocycles. The van der Waals surface area contributed by atoms with E-state index in [1.54, 1.807) is 24.3 Å². The van der Waals surface area contributed by atoms with Gasteiger partial charge in [-0.15, -0.1) is 0 Å². The van der Waals surface area contributed by atoms with Crippen molar-refractivity contribution in [2.24, 2.45) is 0 Å². The van der Waals surface area contributed by atoms with Crippen LogP contribution in [0.15, 0.2) is 24.3 Å². The Balaban J connectivity index is 2.13. The predicted molar refractivity (Wildman–Crippen MR) is 62.8 cm³/mol. The van der Waals surface area contributed by atoms with Crippen molar-refractivity contribution in [2.45, 2.75) is 19.0 Å². The number of alkyl halides is 3. The van der Waals surface area contributed by atoms with Gasteiger partial charge in [0.1, 0.15) is 18.4 Å². The Morgan fingerprint density at radius 2 is 1.84 bits per heavy atom. The lowest BCUT2D eigenvalue weighted by Crippen LogP contribution is -2.11. The molecular weight excluding hydrogens is 259 g/mol. The van der Waals surface area contributed by atoms with Crippen molar-refractivity contribution in [3.8, 4) is 11.8 Å². The van der Waals surface area contributed by atoms with Gasteiger partial charge in [-0.25, -0.2) is 0 Å². The summed E-state index contributed by atoms with van der Waals surface area (Å²) in [5.74, 6) is 0.448. The van der Waals surface area contributed by atoms with Crippen LogP contribution in [0.25, 0.3) is 0 Å². The molecule has 0 spiro atoms. The first-order valence-corrected chi connectivity index (χ1v) is 5.79. The third-order valence-corrected chi connectivity index (χ3v) is 2.24. The molecule has 0 amide bonds. The van der Waals surface area contributed by atoms with E-state index in [0.717, 1.165) is 0 Å². The molecule has 0 bridgehead atoms. The van der Waals surface area contributed by atoms with Gasteiger partial charge in [-0.1, -0.05) is 12.1 Å². The largest absolute Gasteiger partial charge is 0.490 e. The molecule has 0 N–H and O–H groups in total. The van der Waals surface area contributed by atoms with E-state index in [0.29, 0.717) is 11.3 Å². The van der Waals surface area contributed by atoms with Crippen LogP contribution in [0.3, 0.4) is 0 Å². The Hall–Kier alpha value is -1.74. The lowest BCUT2D eigenvalue weighted by molar-refractivity contribution is -0.138. The number of benzene rings is 1. The topological polar surface area (TPSA) is 42.2 Å². The summed E-state index contributed by atoms with van der Waals surface area (Å²) in [6.07, 6.45) is -5.03. The molecule has 0 fully saturated rings. The van der Waals surface area contributed by atoms with Crippen molar-refractivity contribution >= 4 is 0 Å². The fourth-order valence-electron chi connectivity index (χ4n) is 1.37. The molecular formula is C13H14F3NO2. The summed E-state index contributed by atoms with van der Waals surface area (Å²) in [5, 5.41) is 8.80.